The van der Waals surface area contributed by atoms with Crippen LogP contribution in [0.2, 0.25) is 0 Å². The molecule has 0 aliphatic rings. The van der Waals surface area contributed by atoms with E-state index in [0.29, 0.717) is 11.6 Å². The second kappa shape index (κ2) is 5.30. The summed E-state index contributed by atoms with van der Waals surface area (Å²) >= 11 is 0. The highest BCUT2D eigenvalue weighted by atomic mass is 15.2. The van der Waals surface area contributed by atoms with Crippen LogP contribution in [0.4, 0.5) is 5.82 Å². The number of hydrogen-bond donors (Lipinski definition) is 0. The van der Waals surface area contributed by atoms with Crippen molar-refractivity contribution in [3.8, 4) is 6.07 Å². The Balaban J connectivity index is 2.65. The van der Waals surface area contributed by atoms with Crippen LogP contribution in [-0.2, 0) is 0 Å². The molecule has 0 fully saturated rings. The molecule has 4 heteroatoms. The standard InChI is InChI=1S/C11H16N4/c1-9(2)4-5-15(3)11-6-10(7-12)13-8-14-11/h6,8-9H,4-5H2,1-3H3. The van der Waals surface area contributed by atoms with Gasteiger partial charge in [-0.15, -0.1) is 0 Å². The molecule has 4 nitrogen and oxygen atoms in total. The van der Waals surface area contributed by atoms with Crippen molar-refractivity contribution in [3.05, 3.63) is 18.1 Å². The average molecular weight is 204 g/mol. The van der Waals surface area contributed by atoms with Crippen LogP contribution in [0.3, 0.4) is 0 Å². The summed E-state index contributed by atoms with van der Waals surface area (Å²) in [6, 6.07) is 3.72. The summed E-state index contributed by atoms with van der Waals surface area (Å²) in [5.74, 6) is 1.48. The molecular weight excluding hydrogens is 188 g/mol. The van der Waals surface area contributed by atoms with Gasteiger partial charge in [0.15, 0.2) is 0 Å². The number of nitrogens with zero attached hydrogens (tertiary/aromatic N) is 4. The topological polar surface area (TPSA) is 52.8 Å². The molecule has 0 atom stereocenters. The minimum absolute atomic E-state index is 0.413. The van der Waals surface area contributed by atoms with Gasteiger partial charge >= 0.3 is 0 Å². The Bertz CT molecular complexity index is 354. The number of nitriles is 1. The fraction of sp³-hybridized carbons (Fsp3) is 0.545. The van der Waals surface area contributed by atoms with Crippen molar-refractivity contribution in [1.82, 2.24) is 9.97 Å². The van der Waals surface area contributed by atoms with Gasteiger partial charge in [0, 0.05) is 19.7 Å². The summed E-state index contributed by atoms with van der Waals surface area (Å²) < 4.78 is 0. The number of aromatic nitrogens is 2. The van der Waals surface area contributed by atoms with Crippen LogP contribution in [0.1, 0.15) is 26.0 Å². The first kappa shape index (κ1) is 11.4. The molecule has 1 rings (SSSR count). The van der Waals surface area contributed by atoms with E-state index in [2.05, 4.69) is 23.8 Å². The van der Waals surface area contributed by atoms with Crippen molar-refractivity contribution >= 4 is 5.82 Å². The lowest BCUT2D eigenvalue weighted by Gasteiger charge is -2.18. The maximum Gasteiger partial charge on any atom is 0.145 e. The van der Waals surface area contributed by atoms with Crippen LogP contribution in [0.5, 0.6) is 0 Å². The molecule has 0 saturated carbocycles. The van der Waals surface area contributed by atoms with Gasteiger partial charge in [-0.2, -0.15) is 5.26 Å². The van der Waals surface area contributed by atoms with E-state index in [1.54, 1.807) is 6.07 Å². The highest BCUT2D eigenvalue weighted by Crippen LogP contribution is 2.10. The van der Waals surface area contributed by atoms with Crippen LogP contribution in [0.25, 0.3) is 0 Å². The van der Waals surface area contributed by atoms with Crippen LogP contribution in [0.15, 0.2) is 12.4 Å². The minimum atomic E-state index is 0.413. The van der Waals surface area contributed by atoms with E-state index in [1.165, 1.54) is 6.33 Å². The van der Waals surface area contributed by atoms with Crippen LogP contribution in [-0.4, -0.2) is 23.6 Å². The van der Waals surface area contributed by atoms with Gasteiger partial charge < -0.3 is 4.90 Å². The Labute approximate surface area is 90.6 Å². The van der Waals surface area contributed by atoms with Crippen molar-refractivity contribution in [3.63, 3.8) is 0 Å². The molecule has 0 saturated heterocycles. The molecule has 80 valence electrons. The molecule has 0 aliphatic heterocycles. The zero-order valence-corrected chi connectivity index (χ0v) is 9.44. The van der Waals surface area contributed by atoms with E-state index < -0.39 is 0 Å². The molecule has 0 aromatic carbocycles. The minimum Gasteiger partial charge on any atom is -0.360 e. The first-order valence-electron chi connectivity index (χ1n) is 5.06. The summed E-state index contributed by atoms with van der Waals surface area (Å²) in [6.45, 7) is 5.32. The summed E-state index contributed by atoms with van der Waals surface area (Å²) in [5, 5.41) is 8.70. The first-order chi connectivity index (χ1) is 7.13. The Morgan fingerprint density at radius 2 is 2.20 bits per heavy atom. The van der Waals surface area contributed by atoms with E-state index in [0.717, 1.165) is 18.8 Å². The Kier molecular flexibility index (Phi) is 4.04. The molecular formula is C11H16N4. The molecule has 0 unspecified atom stereocenters. The maximum atomic E-state index is 8.70. The van der Waals surface area contributed by atoms with Gasteiger partial charge in [0.2, 0.25) is 0 Å². The molecule has 0 radical (unpaired) electrons. The van der Waals surface area contributed by atoms with Crippen LogP contribution < -0.4 is 4.90 Å². The number of rotatable bonds is 4. The second-order valence-electron chi connectivity index (χ2n) is 3.98. The molecule has 0 N–H and O–H groups in total. The van der Waals surface area contributed by atoms with E-state index >= 15 is 0 Å². The molecule has 1 aromatic heterocycles. The third kappa shape index (κ3) is 3.55. The molecule has 1 heterocycles. The predicted octanol–water partition coefficient (Wildman–Crippen LogP) is 1.83. The van der Waals surface area contributed by atoms with E-state index in [1.807, 2.05) is 18.0 Å². The molecule has 0 amide bonds. The quantitative estimate of drug-likeness (QED) is 0.750. The average Bonchev–Trinajstić information content (AvgIpc) is 2.26. The summed E-state index contributed by atoms with van der Waals surface area (Å²) in [4.78, 5) is 10.0. The lowest BCUT2D eigenvalue weighted by molar-refractivity contribution is 0.583. The Morgan fingerprint density at radius 3 is 2.80 bits per heavy atom. The van der Waals surface area contributed by atoms with Crippen molar-refractivity contribution in [2.75, 3.05) is 18.5 Å². The van der Waals surface area contributed by atoms with Crippen molar-refractivity contribution in [2.45, 2.75) is 20.3 Å². The van der Waals surface area contributed by atoms with Crippen LogP contribution >= 0.6 is 0 Å². The van der Waals surface area contributed by atoms with Gasteiger partial charge in [0.25, 0.3) is 0 Å². The zero-order chi connectivity index (χ0) is 11.3. The smallest absolute Gasteiger partial charge is 0.145 e. The molecule has 15 heavy (non-hydrogen) atoms. The van der Waals surface area contributed by atoms with Gasteiger partial charge in [-0.1, -0.05) is 13.8 Å². The second-order valence-corrected chi connectivity index (χ2v) is 3.98. The largest absolute Gasteiger partial charge is 0.360 e. The van der Waals surface area contributed by atoms with Crippen molar-refractivity contribution in [1.29, 1.82) is 5.26 Å². The van der Waals surface area contributed by atoms with Crippen molar-refractivity contribution < 1.29 is 0 Å². The first-order valence-corrected chi connectivity index (χ1v) is 5.06. The molecule has 1 aromatic rings. The van der Waals surface area contributed by atoms with E-state index in [4.69, 9.17) is 5.26 Å². The third-order valence-electron chi connectivity index (χ3n) is 2.20. The van der Waals surface area contributed by atoms with Crippen LogP contribution in [0, 0.1) is 17.2 Å². The fourth-order valence-electron chi connectivity index (χ4n) is 1.18. The summed E-state index contributed by atoms with van der Waals surface area (Å²) in [6.07, 6.45) is 2.54. The monoisotopic (exact) mass is 204 g/mol. The highest BCUT2D eigenvalue weighted by molar-refractivity contribution is 5.40. The van der Waals surface area contributed by atoms with Gasteiger partial charge in [-0.3, -0.25) is 0 Å². The lowest BCUT2D eigenvalue weighted by Crippen LogP contribution is -2.21. The van der Waals surface area contributed by atoms with Gasteiger partial charge in [-0.25, -0.2) is 9.97 Å². The molecule has 0 bridgehead atoms. The SMILES string of the molecule is CC(C)CCN(C)c1cc(C#N)ncn1. The fourth-order valence-corrected chi connectivity index (χ4v) is 1.18. The third-order valence-corrected chi connectivity index (χ3v) is 2.20. The predicted molar refractivity (Wildman–Crippen MR) is 59.5 cm³/mol. The lowest BCUT2D eigenvalue weighted by atomic mass is 10.1. The maximum absolute atomic E-state index is 8.70. The van der Waals surface area contributed by atoms with Gasteiger partial charge in [0.05, 0.1) is 0 Å². The van der Waals surface area contributed by atoms with Gasteiger partial charge in [0.1, 0.15) is 23.9 Å². The summed E-state index contributed by atoms with van der Waals surface area (Å²) in [7, 11) is 1.98. The Morgan fingerprint density at radius 1 is 1.47 bits per heavy atom. The zero-order valence-electron chi connectivity index (χ0n) is 9.44. The van der Waals surface area contributed by atoms with Gasteiger partial charge in [-0.05, 0) is 12.3 Å². The molecule has 0 spiro atoms. The highest BCUT2D eigenvalue weighted by Gasteiger charge is 2.04. The molecule has 0 aliphatic carbocycles. The van der Waals surface area contributed by atoms with E-state index in [-0.39, 0.29) is 0 Å². The van der Waals surface area contributed by atoms with E-state index in [9.17, 15) is 0 Å². The number of anilines is 1. The Hall–Kier alpha value is -1.63. The normalized spacial score (nSPS) is 10.1. The number of hydrogen-bond acceptors (Lipinski definition) is 4. The summed E-state index contributed by atoms with van der Waals surface area (Å²) in [5.41, 5.74) is 0.413. The van der Waals surface area contributed by atoms with Crippen molar-refractivity contribution in [2.24, 2.45) is 5.92 Å².